The molecular weight excluding hydrogens is 432 g/mol. The third kappa shape index (κ3) is 4.09. The fourth-order valence-electron chi connectivity index (χ4n) is 3.82. The number of rotatable bonds is 6. The third-order valence-electron chi connectivity index (χ3n) is 5.58. The molecule has 7 nitrogen and oxygen atoms in total. The van der Waals surface area contributed by atoms with E-state index >= 15 is 0 Å². The number of aromatic nitrogens is 2. The molecule has 0 bridgehead atoms. The summed E-state index contributed by atoms with van der Waals surface area (Å²) in [6.45, 7) is 6.75. The van der Waals surface area contributed by atoms with Crippen LogP contribution in [0.5, 0.6) is 5.75 Å². The largest absolute Gasteiger partial charge is 0.497 e. The summed E-state index contributed by atoms with van der Waals surface area (Å²) in [7, 11) is 3.21. The van der Waals surface area contributed by atoms with Crippen molar-refractivity contribution in [2.45, 2.75) is 37.2 Å². The molecule has 1 N–H and O–H groups in total. The monoisotopic (exact) mass is 458 g/mol. The maximum absolute atomic E-state index is 13.8. The van der Waals surface area contributed by atoms with Crippen molar-refractivity contribution in [2.75, 3.05) is 27.2 Å². The van der Waals surface area contributed by atoms with Gasteiger partial charge in [-0.15, -0.1) is 11.3 Å². The molecule has 1 atom stereocenters. The average molecular weight is 459 g/mol. The van der Waals surface area contributed by atoms with Crippen LogP contribution in [0.25, 0.3) is 15.9 Å². The van der Waals surface area contributed by atoms with E-state index in [1.165, 1.54) is 16.6 Å². The molecule has 31 heavy (non-hydrogen) atoms. The van der Waals surface area contributed by atoms with Crippen LogP contribution in [0.15, 0.2) is 34.2 Å². The molecule has 0 saturated heterocycles. The summed E-state index contributed by atoms with van der Waals surface area (Å²) in [6, 6.07) is 7.38. The first kappa shape index (κ1) is 21.9. The minimum atomic E-state index is -0.392. The second kappa shape index (κ2) is 9.02. The first-order valence-electron chi connectivity index (χ1n) is 10.3. The average Bonchev–Trinajstić information content (AvgIpc) is 3.16. The Bertz CT molecular complexity index is 1190. The predicted octanol–water partition coefficient (Wildman–Crippen LogP) is 3.06. The highest BCUT2D eigenvalue weighted by Crippen LogP contribution is 2.35. The van der Waals surface area contributed by atoms with Crippen LogP contribution in [0.3, 0.4) is 0 Å². The number of hydrogen-bond donors (Lipinski definition) is 1. The normalized spacial score (nSPS) is 15.0. The van der Waals surface area contributed by atoms with Gasteiger partial charge in [0.05, 0.1) is 23.4 Å². The van der Waals surface area contributed by atoms with Crippen molar-refractivity contribution >= 4 is 39.2 Å². The van der Waals surface area contributed by atoms with Gasteiger partial charge in [0.1, 0.15) is 10.6 Å². The number of carbonyl (C=O) groups excluding carboxylic acids is 1. The number of thioether (sulfide) groups is 1. The van der Waals surface area contributed by atoms with Gasteiger partial charge in [-0.2, -0.15) is 0 Å². The van der Waals surface area contributed by atoms with Crippen LogP contribution in [-0.4, -0.2) is 52.9 Å². The molecular formula is C22H26N4O3S2. The number of thiophene rings is 1. The molecule has 1 unspecified atom stereocenters. The Kier molecular flexibility index (Phi) is 6.36. The van der Waals surface area contributed by atoms with E-state index in [0.717, 1.165) is 36.4 Å². The second-order valence-electron chi connectivity index (χ2n) is 7.41. The number of ether oxygens (including phenoxy) is 1. The number of hydrogen-bond acceptors (Lipinski definition) is 7. The van der Waals surface area contributed by atoms with Crippen molar-refractivity contribution < 1.29 is 9.53 Å². The van der Waals surface area contributed by atoms with E-state index in [4.69, 9.17) is 9.72 Å². The quantitative estimate of drug-likeness (QED) is 0.452. The molecule has 3 aromatic rings. The Morgan fingerprint density at radius 3 is 2.94 bits per heavy atom. The van der Waals surface area contributed by atoms with Gasteiger partial charge in [-0.25, -0.2) is 4.98 Å². The van der Waals surface area contributed by atoms with Gasteiger partial charge in [-0.05, 0) is 37.6 Å². The Morgan fingerprint density at radius 2 is 2.23 bits per heavy atom. The third-order valence-corrected chi connectivity index (χ3v) is 7.74. The number of carbonyl (C=O) groups is 1. The number of nitrogens with zero attached hydrogens (tertiary/aromatic N) is 3. The standard InChI is InChI=1S/C22H26N4O3S2/c1-5-25-10-9-16-17(12-25)31-20-18(16)21(28)26(14-7-6-8-15(11-14)29-4)22(24-20)30-13(2)19(27)23-3/h6-8,11,13H,5,9-10,12H2,1-4H3,(H,23,27). The second-order valence-corrected chi connectivity index (χ2v) is 9.81. The molecule has 3 heterocycles. The Labute approximate surface area is 189 Å². The zero-order valence-corrected chi connectivity index (χ0v) is 19.7. The summed E-state index contributed by atoms with van der Waals surface area (Å²) in [4.78, 5) is 35.2. The van der Waals surface area contributed by atoms with Crippen molar-refractivity contribution in [3.63, 3.8) is 0 Å². The lowest BCUT2D eigenvalue weighted by atomic mass is 10.1. The van der Waals surface area contributed by atoms with Gasteiger partial charge in [-0.3, -0.25) is 19.1 Å². The first-order chi connectivity index (χ1) is 15.0. The van der Waals surface area contributed by atoms with Crippen LogP contribution in [0.4, 0.5) is 0 Å². The SMILES string of the molecule is CCN1CCc2c(sc3nc(SC(C)C(=O)NC)n(-c4cccc(OC)c4)c(=O)c23)C1. The summed E-state index contributed by atoms with van der Waals surface area (Å²) in [5.74, 6) is 0.548. The lowest BCUT2D eigenvalue weighted by Gasteiger charge is -2.25. The lowest BCUT2D eigenvalue weighted by molar-refractivity contribution is -0.119. The number of fused-ring (bicyclic) bond motifs is 3. The molecule has 0 fully saturated rings. The number of benzene rings is 1. The van der Waals surface area contributed by atoms with Gasteiger partial charge in [0.2, 0.25) is 5.91 Å². The molecule has 2 aromatic heterocycles. The predicted molar refractivity (Wildman–Crippen MR) is 126 cm³/mol. The minimum absolute atomic E-state index is 0.0905. The maximum Gasteiger partial charge on any atom is 0.267 e. The molecule has 0 aliphatic carbocycles. The zero-order valence-electron chi connectivity index (χ0n) is 18.1. The zero-order chi connectivity index (χ0) is 22.1. The summed E-state index contributed by atoms with van der Waals surface area (Å²) < 4.78 is 6.99. The van der Waals surface area contributed by atoms with Crippen LogP contribution in [0.2, 0.25) is 0 Å². The maximum atomic E-state index is 13.8. The Hall–Kier alpha value is -2.36. The van der Waals surface area contributed by atoms with Crippen molar-refractivity contribution in [1.82, 2.24) is 19.8 Å². The van der Waals surface area contributed by atoms with Crippen LogP contribution in [-0.2, 0) is 17.8 Å². The summed E-state index contributed by atoms with van der Waals surface area (Å²) in [5.41, 5.74) is 1.71. The van der Waals surface area contributed by atoms with Crippen molar-refractivity contribution in [2.24, 2.45) is 0 Å². The summed E-state index contributed by atoms with van der Waals surface area (Å²) in [6.07, 6.45) is 0.847. The number of amides is 1. The summed E-state index contributed by atoms with van der Waals surface area (Å²) in [5, 5.41) is 3.49. The Morgan fingerprint density at radius 1 is 1.42 bits per heavy atom. The van der Waals surface area contributed by atoms with Crippen LogP contribution in [0, 0.1) is 0 Å². The van der Waals surface area contributed by atoms with Crippen LogP contribution >= 0.6 is 23.1 Å². The number of nitrogens with one attached hydrogen (secondary N) is 1. The highest BCUT2D eigenvalue weighted by Gasteiger charge is 2.26. The van der Waals surface area contributed by atoms with Gasteiger partial charge in [0.25, 0.3) is 5.56 Å². The molecule has 1 aromatic carbocycles. The van der Waals surface area contributed by atoms with E-state index in [0.29, 0.717) is 22.0 Å². The van der Waals surface area contributed by atoms with Gasteiger partial charge in [-0.1, -0.05) is 24.8 Å². The minimum Gasteiger partial charge on any atom is -0.497 e. The number of methoxy groups -OCH3 is 1. The van der Waals surface area contributed by atoms with Crippen molar-refractivity contribution in [1.29, 1.82) is 0 Å². The van der Waals surface area contributed by atoms with Crippen LogP contribution < -0.4 is 15.6 Å². The fraction of sp³-hybridized carbons (Fsp3) is 0.409. The molecule has 0 radical (unpaired) electrons. The topological polar surface area (TPSA) is 76.5 Å². The van der Waals surface area contributed by atoms with Crippen molar-refractivity contribution in [3.8, 4) is 11.4 Å². The highest BCUT2D eigenvalue weighted by molar-refractivity contribution is 8.00. The molecule has 1 aliphatic heterocycles. The summed E-state index contributed by atoms with van der Waals surface area (Å²) >= 11 is 2.88. The van der Waals surface area contributed by atoms with E-state index in [2.05, 4.69) is 17.1 Å². The fourth-order valence-corrected chi connectivity index (χ4v) is 6.11. The van der Waals surface area contributed by atoms with Gasteiger partial charge < -0.3 is 10.1 Å². The molecule has 0 spiro atoms. The molecule has 4 rings (SSSR count). The van der Waals surface area contributed by atoms with Gasteiger partial charge in [0, 0.05) is 31.1 Å². The van der Waals surface area contributed by atoms with E-state index in [1.54, 1.807) is 30.1 Å². The van der Waals surface area contributed by atoms with E-state index in [1.807, 2.05) is 31.2 Å². The Balaban J connectivity index is 1.93. The molecule has 164 valence electrons. The lowest BCUT2D eigenvalue weighted by Crippen LogP contribution is -2.30. The first-order valence-corrected chi connectivity index (χ1v) is 12.0. The number of likely N-dealkylation sites (N-methyl/N-ethyl adjacent to an activating group) is 1. The van der Waals surface area contributed by atoms with Gasteiger partial charge >= 0.3 is 0 Å². The van der Waals surface area contributed by atoms with Gasteiger partial charge in [0.15, 0.2) is 5.16 Å². The van der Waals surface area contributed by atoms with E-state index < -0.39 is 5.25 Å². The van der Waals surface area contributed by atoms with E-state index in [-0.39, 0.29) is 11.5 Å². The smallest absolute Gasteiger partial charge is 0.267 e. The highest BCUT2D eigenvalue weighted by atomic mass is 32.2. The molecule has 1 amide bonds. The molecule has 9 heteroatoms. The molecule has 0 saturated carbocycles. The van der Waals surface area contributed by atoms with E-state index in [9.17, 15) is 9.59 Å². The van der Waals surface area contributed by atoms with Crippen LogP contribution in [0.1, 0.15) is 24.3 Å². The molecule has 1 aliphatic rings. The van der Waals surface area contributed by atoms with Crippen molar-refractivity contribution in [3.05, 3.63) is 45.1 Å².